The van der Waals surface area contributed by atoms with Crippen molar-refractivity contribution in [2.45, 2.75) is 11.8 Å². The van der Waals surface area contributed by atoms with Gasteiger partial charge in [0.2, 0.25) is 5.60 Å². The van der Waals surface area contributed by atoms with E-state index >= 15 is 0 Å². The number of hydrogen-bond acceptors (Lipinski definition) is 3. The summed E-state index contributed by atoms with van der Waals surface area (Å²) >= 11 is 0. The van der Waals surface area contributed by atoms with Gasteiger partial charge in [0, 0.05) is 11.1 Å². The molecule has 0 unspecified atom stereocenters. The summed E-state index contributed by atoms with van der Waals surface area (Å²) in [6.45, 7) is 0. The van der Waals surface area contributed by atoms with Crippen molar-refractivity contribution in [1.29, 1.82) is 0 Å². The average Bonchev–Trinajstić information content (AvgIpc) is 2.97. The van der Waals surface area contributed by atoms with Crippen LogP contribution in [0.5, 0.6) is 0 Å². The van der Waals surface area contributed by atoms with Crippen molar-refractivity contribution in [3.8, 4) is 0 Å². The molecule has 3 rings (SSSR count). The molecule has 3 nitrogen and oxygen atoms in total. The zero-order valence-corrected chi connectivity index (χ0v) is 12.1. The lowest BCUT2D eigenvalue weighted by Gasteiger charge is -2.29. The minimum atomic E-state index is -4.85. The molecule has 1 aliphatic rings. The number of benzene rings is 2. The van der Waals surface area contributed by atoms with E-state index in [9.17, 15) is 17.6 Å². The van der Waals surface area contributed by atoms with Gasteiger partial charge in [0.15, 0.2) is 0 Å². The molecule has 0 amide bonds. The first-order valence-corrected chi connectivity index (χ1v) is 6.90. The predicted octanol–water partition coefficient (Wildman–Crippen LogP) is 4.48. The van der Waals surface area contributed by atoms with Gasteiger partial charge in [0.05, 0.1) is 0 Å². The Morgan fingerprint density at radius 2 is 1.58 bits per heavy atom. The van der Waals surface area contributed by atoms with Gasteiger partial charge in [-0.05, 0) is 28.9 Å². The fourth-order valence-electron chi connectivity index (χ4n) is 2.54. The summed E-state index contributed by atoms with van der Waals surface area (Å²) in [5, 5.41) is 11.9. The summed E-state index contributed by atoms with van der Waals surface area (Å²) in [5.41, 5.74) is -2.77. The number of oxime groups is 1. The molecule has 1 N–H and O–H groups in total. The van der Waals surface area contributed by atoms with Crippen LogP contribution >= 0.6 is 0 Å². The number of nitrogens with zero attached hydrogens (tertiary/aromatic N) is 1. The van der Waals surface area contributed by atoms with Crippen LogP contribution in [0.3, 0.4) is 0 Å². The highest BCUT2D eigenvalue weighted by atomic mass is 19.4. The van der Waals surface area contributed by atoms with Crippen LogP contribution in [-0.4, -0.2) is 17.3 Å². The maximum atomic E-state index is 13.8. The maximum absolute atomic E-state index is 13.8. The Kier molecular flexibility index (Phi) is 3.79. The summed E-state index contributed by atoms with van der Waals surface area (Å²) in [6.07, 6.45) is -4.01. The highest BCUT2D eigenvalue weighted by Crippen LogP contribution is 2.49. The zero-order chi connectivity index (χ0) is 17.4. The van der Waals surface area contributed by atoms with Crippen LogP contribution in [0.15, 0.2) is 65.8 Å². The second kappa shape index (κ2) is 5.67. The van der Waals surface area contributed by atoms with Gasteiger partial charge in [-0.2, -0.15) is 13.2 Å². The van der Waals surface area contributed by atoms with Crippen LogP contribution in [0.4, 0.5) is 17.6 Å². The van der Waals surface area contributed by atoms with Crippen LogP contribution in [-0.2, 0) is 10.3 Å². The van der Waals surface area contributed by atoms with E-state index in [1.807, 2.05) is 0 Å². The van der Waals surface area contributed by atoms with Gasteiger partial charge < -0.3 is 9.94 Å². The smallest absolute Gasteiger partial charge is 0.436 e. The molecule has 1 heterocycles. The Morgan fingerprint density at radius 1 is 0.958 bits per heavy atom. The third-order valence-corrected chi connectivity index (χ3v) is 3.71. The van der Waals surface area contributed by atoms with Crippen molar-refractivity contribution in [3.63, 3.8) is 0 Å². The number of halogens is 4. The topological polar surface area (TPSA) is 41.8 Å². The van der Waals surface area contributed by atoms with Crippen LogP contribution in [0.1, 0.15) is 11.1 Å². The first kappa shape index (κ1) is 16.0. The molecule has 1 aliphatic heterocycles. The molecule has 0 saturated heterocycles. The predicted molar refractivity (Wildman–Crippen MR) is 78.9 cm³/mol. The first-order chi connectivity index (χ1) is 11.4. The highest BCUT2D eigenvalue weighted by Gasteiger charge is 2.61. The van der Waals surface area contributed by atoms with Crippen molar-refractivity contribution in [2.24, 2.45) is 5.16 Å². The SMILES string of the molecule is O/N=C1\O[C@](c2ccc(F)cc2)(C(F)(F)F)C=C1c1ccccc1. The minimum Gasteiger partial charge on any atom is -0.449 e. The molecular formula is C17H11F4NO2. The molecule has 0 saturated carbocycles. The van der Waals surface area contributed by atoms with E-state index in [0.717, 1.165) is 30.3 Å². The van der Waals surface area contributed by atoms with Gasteiger partial charge in [-0.3, -0.25) is 0 Å². The second-order valence-electron chi connectivity index (χ2n) is 5.17. The molecule has 0 aliphatic carbocycles. The molecule has 24 heavy (non-hydrogen) atoms. The first-order valence-electron chi connectivity index (χ1n) is 6.90. The highest BCUT2D eigenvalue weighted by molar-refractivity contribution is 6.21. The van der Waals surface area contributed by atoms with Crippen LogP contribution in [0.2, 0.25) is 0 Å². The molecule has 7 heteroatoms. The van der Waals surface area contributed by atoms with Gasteiger partial charge in [0.1, 0.15) is 5.82 Å². The standard InChI is InChI=1S/C17H11F4NO2/c18-13-8-6-12(7-9-13)16(17(19,20)21)10-14(15(22-23)24-16)11-4-2-1-3-5-11/h1-10,23H/b22-15-/t16-/m1/s1. The molecule has 2 aromatic carbocycles. The van der Waals surface area contributed by atoms with Gasteiger partial charge in [-0.1, -0.05) is 42.5 Å². The molecule has 2 aromatic rings. The summed E-state index contributed by atoms with van der Waals surface area (Å²) in [5.74, 6) is -1.22. The molecule has 0 aromatic heterocycles. The Bertz CT molecular complexity index is 798. The lowest BCUT2D eigenvalue weighted by molar-refractivity contribution is -0.236. The lowest BCUT2D eigenvalue weighted by atomic mass is 9.91. The Balaban J connectivity index is 2.21. The Hall–Kier alpha value is -2.83. The maximum Gasteiger partial charge on any atom is 0.436 e. The molecule has 0 fully saturated rings. The molecule has 0 spiro atoms. The third kappa shape index (κ3) is 2.51. The van der Waals surface area contributed by atoms with Gasteiger partial charge in [-0.15, -0.1) is 0 Å². The quantitative estimate of drug-likeness (QED) is 0.499. The minimum absolute atomic E-state index is 0.000231. The zero-order valence-electron chi connectivity index (χ0n) is 12.1. The van der Waals surface area contributed by atoms with Crippen molar-refractivity contribution in [3.05, 3.63) is 77.6 Å². The fraction of sp³-hybridized carbons (Fsp3) is 0.118. The van der Waals surface area contributed by atoms with E-state index in [-0.39, 0.29) is 11.1 Å². The average molecular weight is 337 g/mol. The van der Waals surface area contributed by atoms with Crippen molar-refractivity contribution < 1.29 is 27.5 Å². The van der Waals surface area contributed by atoms with E-state index in [1.165, 1.54) is 0 Å². The van der Waals surface area contributed by atoms with E-state index in [2.05, 4.69) is 5.16 Å². The van der Waals surface area contributed by atoms with E-state index < -0.39 is 23.5 Å². The van der Waals surface area contributed by atoms with Crippen molar-refractivity contribution in [2.75, 3.05) is 0 Å². The number of ether oxygens (including phenoxy) is 1. The van der Waals surface area contributed by atoms with Gasteiger partial charge >= 0.3 is 6.18 Å². The molecular weight excluding hydrogens is 326 g/mol. The number of rotatable bonds is 2. The van der Waals surface area contributed by atoms with E-state index in [1.54, 1.807) is 30.3 Å². The molecule has 0 radical (unpaired) electrons. The number of hydrogen-bond donors (Lipinski definition) is 1. The van der Waals surface area contributed by atoms with Crippen LogP contribution in [0.25, 0.3) is 5.57 Å². The fourth-order valence-corrected chi connectivity index (χ4v) is 2.54. The van der Waals surface area contributed by atoms with Crippen molar-refractivity contribution >= 4 is 11.5 Å². The van der Waals surface area contributed by atoms with Crippen LogP contribution < -0.4 is 0 Å². The Morgan fingerprint density at radius 3 is 2.12 bits per heavy atom. The summed E-state index contributed by atoms with van der Waals surface area (Å²) < 4.78 is 59.5. The van der Waals surface area contributed by atoms with E-state index in [4.69, 9.17) is 9.94 Å². The largest absolute Gasteiger partial charge is 0.449 e. The van der Waals surface area contributed by atoms with Crippen molar-refractivity contribution in [1.82, 2.24) is 0 Å². The Labute approximate surface area is 134 Å². The molecule has 0 bridgehead atoms. The monoisotopic (exact) mass is 337 g/mol. The second-order valence-corrected chi connectivity index (χ2v) is 5.17. The summed E-state index contributed by atoms with van der Waals surface area (Å²) in [6, 6.07) is 11.9. The number of alkyl halides is 3. The summed E-state index contributed by atoms with van der Waals surface area (Å²) in [4.78, 5) is 0. The normalized spacial score (nSPS) is 22.3. The van der Waals surface area contributed by atoms with Gasteiger partial charge in [-0.25, -0.2) is 4.39 Å². The molecule has 124 valence electrons. The van der Waals surface area contributed by atoms with Gasteiger partial charge in [0.25, 0.3) is 5.90 Å². The summed E-state index contributed by atoms with van der Waals surface area (Å²) in [7, 11) is 0. The van der Waals surface area contributed by atoms with E-state index in [0.29, 0.717) is 5.56 Å². The third-order valence-electron chi connectivity index (χ3n) is 3.71. The lowest BCUT2D eigenvalue weighted by Crippen LogP contribution is -2.41. The van der Waals surface area contributed by atoms with Crippen LogP contribution in [0, 0.1) is 5.82 Å². The molecule has 1 atom stereocenters.